The first-order chi connectivity index (χ1) is 12.2. The van der Waals surface area contributed by atoms with Gasteiger partial charge in [0.2, 0.25) is 5.69 Å². The van der Waals surface area contributed by atoms with Crippen LogP contribution in [0.3, 0.4) is 0 Å². The van der Waals surface area contributed by atoms with Crippen molar-refractivity contribution < 1.29 is 14.6 Å². The molecule has 0 atom stereocenters. The van der Waals surface area contributed by atoms with Gasteiger partial charge < -0.3 is 9.84 Å². The second kappa shape index (κ2) is 6.09. The van der Waals surface area contributed by atoms with Crippen LogP contribution < -0.4 is 4.74 Å². The van der Waals surface area contributed by atoms with Crippen LogP contribution in [0.1, 0.15) is 10.5 Å². The summed E-state index contributed by atoms with van der Waals surface area (Å²) in [6.07, 6.45) is 0. The number of carboxylic acid groups (broad SMARTS) is 1. The molecule has 0 saturated heterocycles. The predicted molar refractivity (Wildman–Crippen MR) is 92.8 cm³/mol. The van der Waals surface area contributed by atoms with Crippen LogP contribution in [0.15, 0.2) is 66.7 Å². The third kappa shape index (κ3) is 2.92. The fourth-order valence-electron chi connectivity index (χ4n) is 2.63. The van der Waals surface area contributed by atoms with E-state index in [1.165, 1.54) is 10.8 Å². The molecule has 0 bridgehead atoms. The number of fused-ring (bicyclic) bond motifs is 1. The highest BCUT2D eigenvalue weighted by Crippen LogP contribution is 2.28. The number of aromatic amines is 1. The summed E-state index contributed by atoms with van der Waals surface area (Å²) in [7, 11) is 0. The molecule has 4 aromatic rings. The predicted octanol–water partition coefficient (Wildman–Crippen LogP) is 4.12. The van der Waals surface area contributed by atoms with E-state index in [0.29, 0.717) is 5.75 Å². The Kier molecular flexibility index (Phi) is 3.63. The van der Waals surface area contributed by atoms with Crippen molar-refractivity contribution >= 4 is 16.7 Å². The number of rotatable bonds is 4. The molecule has 0 spiro atoms. The molecule has 0 aliphatic rings. The number of aromatic nitrogens is 3. The average Bonchev–Trinajstić information content (AvgIpc) is 3.10. The summed E-state index contributed by atoms with van der Waals surface area (Å²) in [5.41, 5.74) is 1.89. The monoisotopic (exact) mass is 331 g/mol. The Labute approximate surface area is 142 Å². The molecule has 0 fully saturated rings. The molecule has 0 unspecified atom stereocenters. The molecule has 1 heterocycles. The first-order valence-corrected chi connectivity index (χ1v) is 7.62. The molecule has 1 aromatic heterocycles. The topological polar surface area (TPSA) is 88.1 Å². The standard InChI is InChI=1S/C19H13N3O3/c23-19(24)17-18(21-22-20-17)25-16-9-7-13(8-10-16)15-6-5-12-3-1-2-4-14(12)11-15/h1-11H,(H,23,24)(H,20,21,22). The Hall–Kier alpha value is -3.67. The summed E-state index contributed by atoms with van der Waals surface area (Å²) >= 11 is 0. The summed E-state index contributed by atoms with van der Waals surface area (Å²) in [5.74, 6) is -0.694. The molecule has 0 saturated carbocycles. The second-order valence-corrected chi connectivity index (χ2v) is 5.48. The van der Waals surface area contributed by atoms with Crippen LogP contribution in [-0.2, 0) is 0 Å². The summed E-state index contributed by atoms with van der Waals surface area (Å²) in [4.78, 5) is 11.0. The number of hydrogen-bond acceptors (Lipinski definition) is 4. The van der Waals surface area contributed by atoms with E-state index in [1.807, 2.05) is 24.3 Å². The van der Waals surface area contributed by atoms with Gasteiger partial charge in [0.1, 0.15) is 5.75 Å². The number of nitrogens with zero attached hydrogens (tertiary/aromatic N) is 2. The van der Waals surface area contributed by atoms with Crippen molar-refractivity contribution in [3.63, 3.8) is 0 Å². The van der Waals surface area contributed by atoms with Crippen molar-refractivity contribution in [3.05, 3.63) is 72.4 Å². The Balaban J connectivity index is 1.60. The van der Waals surface area contributed by atoms with Crippen molar-refractivity contribution in [2.45, 2.75) is 0 Å². The Morgan fingerprint density at radius 3 is 2.40 bits per heavy atom. The lowest BCUT2D eigenvalue weighted by atomic mass is 10.0. The minimum Gasteiger partial charge on any atom is -0.476 e. The van der Waals surface area contributed by atoms with Gasteiger partial charge in [0.25, 0.3) is 5.88 Å². The maximum absolute atomic E-state index is 11.0. The zero-order valence-electron chi connectivity index (χ0n) is 13.0. The summed E-state index contributed by atoms with van der Waals surface area (Å²) in [6.45, 7) is 0. The number of carbonyl (C=O) groups is 1. The summed E-state index contributed by atoms with van der Waals surface area (Å²) in [6, 6.07) is 21.9. The van der Waals surface area contributed by atoms with E-state index in [2.05, 4.69) is 45.7 Å². The van der Waals surface area contributed by atoms with Crippen molar-refractivity contribution in [3.8, 4) is 22.8 Å². The van der Waals surface area contributed by atoms with Crippen LogP contribution in [0.5, 0.6) is 11.6 Å². The van der Waals surface area contributed by atoms with Crippen LogP contribution in [0.2, 0.25) is 0 Å². The lowest BCUT2D eigenvalue weighted by Gasteiger charge is -2.07. The Morgan fingerprint density at radius 1 is 0.920 bits per heavy atom. The van der Waals surface area contributed by atoms with E-state index in [0.717, 1.165) is 11.1 Å². The van der Waals surface area contributed by atoms with Gasteiger partial charge in [-0.3, -0.25) is 0 Å². The number of benzene rings is 3. The maximum atomic E-state index is 11.0. The Morgan fingerprint density at radius 2 is 1.64 bits per heavy atom. The van der Waals surface area contributed by atoms with Crippen molar-refractivity contribution in [2.75, 3.05) is 0 Å². The number of aromatic carboxylic acids is 1. The highest BCUT2D eigenvalue weighted by molar-refractivity contribution is 5.88. The second-order valence-electron chi connectivity index (χ2n) is 5.48. The van der Waals surface area contributed by atoms with Gasteiger partial charge in [-0.05, 0) is 40.1 Å². The van der Waals surface area contributed by atoms with Gasteiger partial charge in [0.05, 0.1) is 0 Å². The molecule has 0 radical (unpaired) electrons. The zero-order valence-corrected chi connectivity index (χ0v) is 13.0. The fraction of sp³-hybridized carbons (Fsp3) is 0. The third-order valence-electron chi connectivity index (χ3n) is 3.88. The van der Waals surface area contributed by atoms with Crippen LogP contribution in [0, 0.1) is 0 Å². The first kappa shape index (κ1) is 14.9. The molecule has 6 nitrogen and oxygen atoms in total. The smallest absolute Gasteiger partial charge is 0.362 e. The maximum Gasteiger partial charge on any atom is 0.362 e. The van der Waals surface area contributed by atoms with E-state index < -0.39 is 5.97 Å². The van der Waals surface area contributed by atoms with Crippen LogP contribution in [0.25, 0.3) is 21.9 Å². The van der Waals surface area contributed by atoms with Gasteiger partial charge in [-0.1, -0.05) is 53.7 Å². The van der Waals surface area contributed by atoms with Gasteiger partial charge in [-0.25, -0.2) is 9.89 Å². The van der Waals surface area contributed by atoms with E-state index in [9.17, 15) is 4.79 Å². The number of ether oxygens (including phenoxy) is 1. The summed E-state index contributed by atoms with van der Waals surface area (Å²) in [5, 5.41) is 20.7. The number of hydrogen-bond donors (Lipinski definition) is 2. The minimum absolute atomic E-state index is 0.00551. The largest absolute Gasteiger partial charge is 0.476 e. The van der Waals surface area contributed by atoms with Crippen LogP contribution >= 0.6 is 0 Å². The van der Waals surface area contributed by atoms with Crippen molar-refractivity contribution in [2.24, 2.45) is 0 Å². The molecule has 2 N–H and O–H groups in total. The van der Waals surface area contributed by atoms with Crippen molar-refractivity contribution in [1.29, 1.82) is 0 Å². The van der Waals surface area contributed by atoms with Crippen LogP contribution in [-0.4, -0.2) is 26.5 Å². The summed E-state index contributed by atoms with van der Waals surface area (Å²) < 4.78 is 5.51. The van der Waals surface area contributed by atoms with Gasteiger partial charge >= 0.3 is 5.97 Å². The normalized spacial score (nSPS) is 10.7. The van der Waals surface area contributed by atoms with Gasteiger partial charge in [-0.2, -0.15) is 0 Å². The van der Waals surface area contributed by atoms with Crippen LogP contribution in [0.4, 0.5) is 0 Å². The molecule has 25 heavy (non-hydrogen) atoms. The molecule has 6 heteroatoms. The van der Waals surface area contributed by atoms with Crippen molar-refractivity contribution in [1.82, 2.24) is 15.4 Å². The lowest BCUT2D eigenvalue weighted by molar-refractivity contribution is 0.0687. The van der Waals surface area contributed by atoms with Gasteiger partial charge in [0, 0.05) is 0 Å². The van der Waals surface area contributed by atoms with Gasteiger partial charge in [-0.15, -0.1) is 5.10 Å². The fourth-order valence-corrected chi connectivity index (χ4v) is 2.63. The molecular weight excluding hydrogens is 318 g/mol. The molecule has 3 aromatic carbocycles. The zero-order chi connectivity index (χ0) is 17.2. The third-order valence-corrected chi connectivity index (χ3v) is 3.88. The molecule has 0 amide bonds. The van der Waals surface area contributed by atoms with Gasteiger partial charge in [0.15, 0.2) is 0 Å². The molecule has 122 valence electrons. The lowest BCUT2D eigenvalue weighted by Crippen LogP contribution is -1.99. The van der Waals surface area contributed by atoms with E-state index in [4.69, 9.17) is 9.84 Å². The molecule has 0 aliphatic heterocycles. The Bertz CT molecular complexity index is 1050. The van der Waals surface area contributed by atoms with E-state index in [-0.39, 0.29) is 11.6 Å². The van der Waals surface area contributed by atoms with E-state index >= 15 is 0 Å². The molecule has 4 rings (SSSR count). The number of nitrogens with one attached hydrogen (secondary N) is 1. The molecular formula is C19H13N3O3. The highest BCUT2D eigenvalue weighted by Gasteiger charge is 2.16. The first-order valence-electron chi connectivity index (χ1n) is 7.62. The average molecular weight is 331 g/mol. The number of carboxylic acids is 1. The van der Waals surface area contributed by atoms with E-state index in [1.54, 1.807) is 12.1 Å². The SMILES string of the molecule is O=C(O)c1nn[nH]c1Oc1ccc(-c2ccc3ccccc3c2)cc1. The highest BCUT2D eigenvalue weighted by atomic mass is 16.5. The molecule has 0 aliphatic carbocycles. The quantitative estimate of drug-likeness (QED) is 0.587. The minimum atomic E-state index is -1.20. The number of H-pyrrole nitrogens is 1.